The van der Waals surface area contributed by atoms with Crippen molar-refractivity contribution in [3.8, 4) is 0 Å². The molecule has 0 saturated carbocycles. The number of nitrogens with one attached hydrogen (secondary N) is 8. The molecule has 2 aliphatic heterocycles. The third-order valence-corrected chi connectivity index (χ3v) is 13.9. The van der Waals surface area contributed by atoms with Gasteiger partial charge in [0.05, 0.1) is 69.7 Å². The number of nitrogens with zero attached hydrogens (tertiary/aromatic N) is 8. The van der Waals surface area contributed by atoms with Gasteiger partial charge in [-0.15, -0.1) is 11.6 Å². The lowest BCUT2D eigenvalue weighted by molar-refractivity contribution is -0.197. The molecule has 6 aromatic rings. The number of ether oxygens (including phenoxy) is 4. The second kappa shape index (κ2) is 64.3. The first kappa shape index (κ1) is 106. The molecule has 115 heavy (non-hydrogen) atoms. The van der Waals surface area contributed by atoms with E-state index in [0.717, 1.165) is 65.3 Å². The largest absolute Gasteiger partial charge is 0.481 e. The molecule has 6 heterocycles. The van der Waals surface area contributed by atoms with Crippen molar-refractivity contribution in [3.63, 3.8) is 0 Å². The fourth-order valence-electron chi connectivity index (χ4n) is 8.38. The van der Waals surface area contributed by atoms with Crippen LogP contribution in [0.4, 0.5) is 23.3 Å². The molecular formula is C69H109N23O21S2. The van der Waals surface area contributed by atoms with Crippen LogP contribution in [-0.4, -0.2) is 222 Å². The molecule has 44 nitrogen and oxygen atoms in total. The number of fused-ring (bicyclic) bond motifs is 2. The molecule has 2 aliphatic rings. The van der Waals surface area contributed by atoms with Crippen LogP contribution >= 0.6 is 12.8 Å². The average molecular weight is 1660 g/mol. The van der Waals surface area contributed by atoms with Crippen LogP contribution in [0.25, 0.3) is 22.3 Å². The summed E-state index contributed by atoms with van der Waals surface area (Å²) in [6.07, 6.45) is 9.98. The summed E-state index contributed by atoms with van der Waals surface area (Å²) < 4.78 is 28.9. The Kier molecular flexibility index (Phi) is 59.2. The Hall–Kier alpha value is -11.2. The highest BCUT2D eigenvalue weighted by atomic mass is 32.1. The predicted octanol–water partition coefficient (Wildman–Crippen LogP) is 1.86. The minimum Gasteiger partial charge on any atom is -0.481 e. The number of hydroxylamine groups is 4. The number of carbonyl (C=O) groups excluding carboxylic acids is 7. The molecule has 2 unspecified atom stereocenters. The average Bonchev–Trinajstić information content (AvgIpc) is 1.45. The monoisotopic (exact) mass is 1660 g/mol. The lowest BCUT2D eigenvalue weighted by atomic mass is 10.1. The molecule has 638 valence electrons. The van der Waals surface area contributed by atoms with E-state index in [1.807, 2.05) is 6.92 Å². The van der Waals surface area contributed by atoms with Gasteiger partial charge in [0, 0.05) is 100 Å². The summed E-state index contributed by atoms with van der Waals surface area (Å²) in [6, 6.07) is 9.51. The fraction of sp³-hybridized carbons (Fsp3) is 0.478. The minimum atomic E-state index is -1.42. The van der Waals surface area contributed by atoms with Gasteiger partial charge in [-0.3, -0.25) is 63.0 Å². The van der Waals surface area contributed by atoms with Gasteiger partial charge in [-0.25, -0.2) is 39.1 Å². The van der Waals surface area contributed by atoms with Gasteiger partial charge in [0.1, 0.15) is 12.1 Å². The van der Waals surface area contributed by atoms with Crippen molar-refractivity contribution in [1.29, 1.82) is 4.78 Å². The van der Waals surface area contributed by atoms with Crippen LogP contribution in [0.2, 0.25) is 0 Å². The van der Waals surface area contributed by atoms with Crippen LogP contribution in [0.5, 0.6) is 0 Å². The fourth-order valence-corrected chi connectivity index (χ4v) is 8.38. The molecular weight excluding hydrogens is 1550 g/mol. The molecule has 0 radical (unpaired) electrons. The summed E-state index contributed by atoms with van der Waals surface area (Å²) in [4.78, 5) is 171. The number of nitrogens with two attached hydrogens (primary N) is 6. The Morgan fingerprint density at radius 3 is 1.23 bits per heavy atom. The van der Waals surface area contributed by atoms with Crippen LogP contribution in [0, 0.1) is 4.78 Å². The Labute approximate surface area is 673 Å². The highest BCUT2D eigenvalue weighted by molar-refractivity contribution is 7.78. The van der Waals surface area contributed by atoms with Crippen molar-refractivity contribution < 1.29 is 92.3 Å². The second-order valence-electron chi connectivity index (χ2n) is 23.0. The van der Waals surface area contributed by atoms with E-state index in [2.05, 4.69) is 123 Å². The Bertz CT molecular complexity index is 3950. The molecule has 2 aromatic carbocycles. The number of thiol groups is 1. The van der Waals surface area contributed by atoms with E-state index in [-0.39, 0.29) is 121 Å². The van der Waals surface area contributed by atoms with Gasteiger partial charge in [0.2, 0.25) is 11.9 Å². The zero-order valence-electron chi connectivity index (χ0n) is 64.6. The predicted molar refractivity (Wildman–Crippen MR) is 429 cm³/mol. The van der Waals surface area contributed by atoms with E-state index in [1.54, 1.807) is 37.4 Å². The number of aliphatic carboxylic acids is 3. The number of allylic oxidation sites excluding steroid dienone is 1. The van der Waals surface area contributed by atoms with E-state index >= 15 is 0 Å². The first-order valence-electron chi connectivity index (χ1n) is 35.4. The van der Waals surface area contributed by atoms with Crippen molar-refractivity contribution in [2.75, 3.05) is 102 Å². The number of carboxylic acid groups (broad SMARTS) is 3. The van der Waals surface area contributed by atoms with Gasteiger partial charge in [-0.1, -0.05) is 45.6 Å². The topological polar surface area (TPSA) is 722 Å². The normalized spacial score (nSPS) is 12.0. The van der Waals surface area contributed by atoms with Crippen molar-refractivity contribution in [2.24, 2.45) is 22.9 Å². The molecule has 0 spiro atoms. The summed E-state index contributed by atoms with van der Waals surface area (Å²) in [7, 11) is 1.74. The van der Waals surface area contributed by atoms with Crippen molar-refractivity contribution in [1.82, 2.24) is 71.5 Å². The van der Waals surface area contributed by atoms with Crippen LogP contribution in [-0.2, 0) is 87.7 Å². The standard InChI is InChI=1S/C23H22N8O8.C19H19N7O6.C10H22O2.C8H20N2O2.C4H5NO3.C3H6.CH6N2.CH5NS.HNS.H3N/c24-23-29-19-18(21(36)30-23)27-13(10-26-19)9-25-12-3-1-11(2-4-12)20(35)28-14(22(37)38)5-8-17(34)39-31-15(32)6-7-16(31)33;20-19-25-15-14(17(30)26-19)23-11(8-22-15)7-21-10-3-1-9(2-4-10)16(29)24-12(18(31)32)5-6-13(27)28;1-3-5-7-11-9-10-12-8-6-4-2;9-3-1-5-11-7-8-12-6-2-4-10;6-3-1-2-4(7)5(3)8;1-3-2;2-1-3;1-2-3;1-2;/h1-4,10,14,25H,5-9H2,(H,28,35)(H,37,38)(H3,24,26,29,30,36);1-4,8,12,21H,5-7H2,(H,24,29)(H,27,28)(H,31,32)(H3,20,22,25,26,30);3-10H2,1-2H3;1-10H2;8H,1-2H2;3H,1H2,2H3;1-3H2;2-3H,1H3;1H;1H3. The third-order valence-electron chi connectivity index (χ3n) is 13.9. The number of anilines is 4. The number of nitrogen functional groups attached to an aromatic ring is 2. The van der Waals surface area contributed by atoms with E-state index in [0.29, 0.717) is 54.1 Å². The zero-order chi connectivity index (χ0) is 85.8. The third kappa shape index (κ3) is 46.0. The Morgan fingerprint density at radius 2 is 0.922 bits per heavy atom. The molecule has 8 rings (SSSR count). The maximum absolute atomic E-state index is 12.6. The number of benzene rings is 2. The number of carboxylic acids is 3. The number of imide groups is 2. The summed E-state index contributed by atoms with van der Waals surface area (Å²) >= 11 is 6.87. The van der Waals surface area contributed by atoms with Gasteiger partial charge >= 0.3 is 23.9 Å². The molecule has 0 bridgehead atoms. The SMILES string of the molecule is C=CC.CCCCOCCOCCCC.CNS.N.N=S.NCCCOCCOCCCN.NCN.Nc1nc2ncc(CNc3ccc(C(=O)NC(CCC(=O)O)C(=O)O)cc3)nc2c(=O)[nH]1.Nc1nc2ncc(CNc3ccc(C(=O)NC(CCC(=O)ON4C(=O)CCC4=O)C(=O)O)cc3)nc2c(=O)[nH]1.O=C1CCC(=O)N1O. The highest BCUT2D eigenvalue weighted by Gasteiger charge is 2.34. The number of aromatic nitrogens is 8. The second-order valence-corrected chi connectivity index (χ2v) is 23.4. The molecule has 46 heteroatoms. The number of hydrogen-bond donors (Lipinski definition) is 20. The number of amides is 6. The smallest absolute Gasteiger partial charge is 0.333 e. The van der Waals surface area contributed by atoms with E-state index in [4.69, 9.17) is 66.9 Å². The first-order valence-corrected chi connectivity index (χ1v) is 36.3. The summed E-state index contributed by atoms with van der Waals surface area (Å²) in [5.74, 6) is -8.59. The number of rotatable bonds is 37. The van der Waals surface area contributed by atoms with E-state index in [9.17, 15) is 62.6 Å². The maximum Gasteiger partial charge on any atom is 0.333 e. The van der Waals surface area contributed by atoms with Gasteiger partial charge in [0.25, 0.3) is 46.6 Å². The quantitative estimate of drug-likeness (QED) is 0.00661. The highest BCUT2D eigenvalue weighted by Crippen LogP contribution is 2.17. The molecule has 6 amide bonds. The van der Waals surface area contributed by atoms with Crippen molar-refractivity contribution in [3.05, 3.63) is 117 Å². The number of unbranched alkanes of at least 4 members (excludes halogenated alkanes) is 2. The van der Waals surface area contributed by atoms with Crippen LogP contribution in [0.3, 0.4) is 0 Å². The zero-order valence-corrected chi connectivity index (χ0v) is 66.3. The van der Waals surface area contributed by atoms with E-state index < -0.39 is 88.9 Å². The number of hydrogen-bond acceptors (Lipinski definition) is 37. The first-order chi connectivity index (χ1) is 54.6. The number of aromatic amines is 2. The molecule has 4 aromatic heterocycles. The Morgan fingerprint density at radius 1 is 0.591 bits per heavy atom. The van der Waals surface area contributed by atoms with Gasteiger partial charge in [0.15, 0.2) is 22.3 Å². The number of H-pyrrole nitrogens is 2. The molecule has 0 aliphatic carbocycles. The van der Waals surface area contributed by atoms with Crippen molar-refractivity contribution >= 4 is 130 Å². The molecule has 2 atom stereocenters. The van der Waals surface area contributed by atoms with Crippen molar-refractivity contribution in [2.45, 2.75) is 136 Å². The summed E-state index contributed by atoms with van der Waals surface area (Å²) in [5.41, 5.74) is 32.6. The number of carbonyl (C=O) groups is 10. The van der Waals surface area contributed by atoms with Crippen LogP contribution < -0.4 is 77.7 Å². The lowest BCUT2D eigenvalue weighted by Crippen LogP contribution is -2.41. The molecule has 2 saturated heterocycles. The van der Waals surface area contributed by atoms with Crippen LogP contribution in [0.1, 0.15) is 143 Å². The lowest BCUT2D eigenvalue weighted by Gasteiger charge is -2.16. The molecule has 2 fully saturated rings. The summed E-state index contributed by atoms with van der Waals surface area (Å²) in [6.45, 7) is 17.7. The maximum atomic E-state index is 12.6. The van der Waals surface area contributed by atoms with E-state index in [1.165, 1.54) is 49.5 Å². The molecule has 27 N–H and O–H groups in total. The summed E-state index contributed by atoms with van der Waals surface area (Å²) in [5, 5.41) is 46.9. The van der Waals surface area contributed by atoms with Gasteiger partial charge < -0.3 is 101 Å². The Balaban J connectivity index is 0. The van der Waals surface area contributed by atoms with Gasteiger partial charge in [-0.2, -0.15) is 15.0 Å². The van der Waals surface area contributed by atoms with Crippen LogP contribution in [0.15, 0.2) is 83.2 Å². The minimum absolute atomic E-state index is 0. The van der Waals surface area contributed by atoms with Gasteiger partial charge in [-0.05, 0) is 114 Å².